The summed E-state index contributed by atoms with van der Waals surface area (Å²) in [6.07, 6.45) is 2.41. The fourth-order valence-corrected chi connectivity index (χ4v) is 2.90. The fraction of sp³-hybridized carbons (Fsp3) is 0.471. The number of nitrogens with one attached hydrogen (secondary N) is 1. The van der Waals surface area contributed by atoms with E-state index in [0.717, 1.165) is 29.6 Å². The molecule has 0 aliphatic rings. The predicted molar refractivity (Wildman–Crippen MR) is 87.4 cm³/mol. The molecule has 1 unspecified atom stereocenters. The highest BCUT2D eigenvalue weighted by Gasteiger charge is 2.20. The van der Waals surface area contributed by atoms with Crippen LogP contribution in [0.4, 0.5) is 0 Å². The molecule has 0 bridgehead atoms. The number of carbonyl (C=O) groups excluding carboxylic acids is 1. The molecule has 0 radical (unpaired) electrons. The summed E-state index contributed by atoms with van der Waals surface area (Å²) in [6.45, 7) is 5.78. The van der Waals surface area contributed by atoms with Gasteiger partial charge in [-0.25, -0.2) is 0 Å². The highest BCUT2D eigenvalue weighted by atomic mass is 16.2. The van der Waals surface area contributed by atoms with Gasteiger partial charge in [0.05, 0.1) is 6.42 Å². The lowest BCUT2D eigenvalue weighted by atomic mass is 10.1. The van der Waals surface area contributed by atoms with Crippen LogP contribution in [-0.2, 0) is 11.2 Å². The minimum absolute atomic E-state index is 0.191. The maximum Gasteiger partial charge on any atom is 0.227 e. The number of nitrogens with zero attached hydrogens (tertiary/aromatic N) is 2. The van der Waals surface area contributed by atoms with Gasteiger partial charge in [-0.3, -0.25) is 4.79 Å². The smallest absolute Gasteiger partial charge is 0.227 e. The summed E-state index contributed by atoms with van der Waals surface area (Å²) in [7, 11) is 4.07. The van der Waals surface area contributed by atoms with Crippen LogP contribution in [0.1, 0.15) is 19.4 Å². The topological polar surface area (TPSA) is 39.3 Å². The number of amides is 1. The van der Waals surface area contributed by atoms with Gasteiger partial charge < -0.3 is 14.8 Å². The second-order valence-electron chi connectivity index (χ2n) is 5.83. The largest absolute Gasteiger partial charge is 0.361 e. The molecule has 1 atom stereocenters. The molecule has 4 nitrogen and oxygen atoms in total. The molecule has 2 rings (SSSR count). The van der Waals surface area contributed by atoms with Gasteiger partial charge in [0, 0.05) is 36.2 Å². The number of hydrogen-bond acceptors (Lipinski definition) is 2. The van der Waals surface area contributed by atoms with Crippen molar-refractivity contribution < 1.29 is 4.79 Å². The average molecular weight is 287 g/mol. The first-order chi connectivity index (χ1) is 10.0. The van der Waals surface area contributed by atoms with Crippen molar-refractivity contribution in [3.05, 3.63) is 36.0 Å². The lowest BCUT2D eigenvalue weighted by molar-refractivity contribution is -0.132. The standard InChI is InChI=1S/C17H25N3O/c1-5-20(13(2)12-19(3)4)17(21)10-14-11-18-16-9-7-6-8-15(14)16/h6-9,11,13,18H,5,10,12H2,1-4H3. The van der Waals surface area contributed by atoms with Crippen LogP contribution in [0.3, 0.4) is 0 Å². The highest BCUT2D eigenvalue weighted by molar-refractivity contribution is 5.89. The van der Waals surface area contributed by atoms with E-state index < -0.39 is 0 Å². The van der Waals surface area contributed by atoms with Crippen LogP contribution in [0.2, 0.25) is 0 Å². The van der Waals surface area contributed by atoms with E-state index in [1.165, 1.54) is 0 Å². The van der Waals surface area contributed by atoms with E-state index in [1.54, 1.807) is 0 Å². The van der Waals surface area contributed by atoms with Crippen LogP contribution >= 0.6 is 0 Å². The lowest BCUT2D eigenvalue weighted by Gasteiger charge is -2.30. The molecule has 1 N–H and O–H groups in total. The zero-order chi connectivity index (χ0) is 15.4. The van der Waals surface area contributed by atoms with Gasteiger partial charge in [-0.15, -0.1) is 0 Å². The molecular weight excluding hydrogens is 262 g/mol. The number of H-pyrrole nitrogens is 1. The Labute approximate surface area is 126 Å². The molecule has 1 heterocycles. The van der Waals surface area contributed by atoms with Crippen molar-refractivity contribution >= 4 is 16.8 Å². The number of fused-ring (bicyclic) bond motifs is 1. The van der Waals surface area contributed by atoms with Crippen LogP contribution in [0.25, 0.3) is 10.9 Å². The molecule has 0 aliphatic heterocycles. The summed E-state index contributed by atoms with van der Waals surface area (Å²) in [5, 5.41) is 1.14. The monoisotopic (exact) mass is 287 g/mol. The zero-order valence-corrected chi connectivity index (χ0v) is 13.4. The second kappa shape index (κ2) is 6.76. The lowest BCUT2D eigenvalue weighted by Crippen LogP contribution is -2.44. The summed E-state index contributed by atoms with van der Waals surface area (Å²) in [6, 6.07) is 8.34. The number of likely N-dealkylation sites (N-methyl/N-ethyl adjacent to an activating group) is 2. The molecule has 1 aromatic heterocycles. The summed E-state index contributed by atoms with van der Waals surface area (Å²) >= 11 is 0. The molecule has 114 valence electrons. The number of aromatic amines is 1. The van der Waals surface area contributed by atoms with Crippen LogP contribution in [0, 0.1) is 0 Å². The Hall–Kier alpha value is -1.81. The third-order valence-electron chi connectivity index (χ3n) is 3.84. The van der Waals surface area contributed by atoms with Crippen molar-refractivity contribution in [2.24, 2.45) is 0 Å². The molecule has 0 aliphatic carbocycles. The number of hydrogen-bond donors (Lipinski definition) is 1. The Morgan fingerprint density at radius 3 is 2.67 bits per heavy atom. The van der Waals surface area contributed by atoms with Gasteiger partial charge in [0.1, 0.15) is 0 Å². The minimum Gasteiger partial charge on any atom is -0.361 e. The molecule has 0 fully saturated rings. The molecule has 1 aromatic carbocycles. The molecule has 0 saturated carbocycles. The fourth-order valence-electron chi connectivity index (χ4n) is 2.90. The van der Waals surface area contributed by atoms with Crippen LogP contribution in [0.5, 0.6) is 0 Å². The first-order valence-electron chi connectivity index (χ1n) is 7.52. The van der Waals surface area contributed by atoms with E-state index >= 15 is 0 Å². The zero-order valence-electron chi connectivity index (χ0n) is 13.4. The van der Waals surface area contributed by atoms with Gasteiger partial charge in [-0.05, 0) is 39.6 Å². The van der Waals surface area contributed by atoms with E-state index in [0.29, 0.717) is 6.42 Å². The Bertz CT molecular complexity index is 603. The quantitative estimate of drug-likeness (QED) is 0.886. The number of aromatic nitrogens is 1. The maximum absolute atomic E-state index is 12.6. The van der Waals surface area contributed by atoms with Crippen LogP contribution in [-0.4, -0.2) is 53.9 Å². The van der Waals surface area contributed by atoms with Crippen molar-refractivity contribution in [3.8, 4) is 0 Å². The predicted octanol–water partition coefficient (Wildman–Crippen LogP) is 2.51. The van der Waals surface area contributed by atoms with Crippen molar-refractivity contribution in [3.63, 3.8) is 0 Å². The summed E-state index contributed by atoms with van der Waals surface area (Å²) in [5.41, 5.74) is 2.16. The summed E-state index contributed by atoms with van der Waals surface area (Å²) in [4.78, 5) is 19.9. The van der Waals surface area contributed by atoms with Gasteiger partial charge >= 0.3 is 0 Å². The second-order valence-corrected chi connectivity index (χ2v) is 5.83. The van der Waals surface area contributed by atoms with Crippen molar-refractivity contribution in [1.29, 1.82) is 0 Å². The Morgan fingerprint density at radius 2 is 2.00 bits per heavy atom. The van der Waals surface area contributed by atoms with Crippen molar-refractivity contribution in [2.45, 2.75) is 26.3 Å². The molecule has 0 spiro atoms. The van der Waals surface area contributed by atoms with Gasteiger partial charge in [0.2, 0.25) is 5.91 Å². The third kappa shape index (κ3) is 3.64. The van der Waals surface area contributed by atoms with Gasteiger partial charge in [-0.2, -0.15) is 0 Å². The van der Waals surface area contributed by atoms with Crippen LogP contribution < -0.4 is 0 Å². The maximum atomic E-state index is 12.6. The number of benzene rings is 1. The normalized spacial score (nSPS) is 12.8. The highest BCUT2D eigenvalue weighted by Crippen LogP contribution is 2.19. The van der Waals surface area contributed by atoms with Gasteiger partial charge in [0.25, 0.3) is 0 Å². The first kappa shape index (κ1) is 15.6. The van der Waals surface area contributed by atoms with Gasteiger partial charge in [0.15, 0.2) is 0 Å². The molecule has 2 aromatic rings. The van der Waals surface area contributed by atoms with E-state index in [-0.39, 0.29) is 11.9 Å². The van der Waals surface area contributed by atoms with Crippen LogP contribution in [0.15, 0.2) is 30.5 Å². The molecule has 1 amide bonds. The molecular formula is C17H25N3O. The Balaban J connectivity index is 2.12. The average Bonchev–Trinajstić information content (AvgIpc) is 2.82. The van der Waals surface area contributed by atoms with Crippen molar-refractivity contribution in [2.75, 3.05) is 27.2 Å². The minimum atomic E-state index is 0.191. The molecule has 4 heteroatoms. The number of rotatable bonds is 6. The van der Waals surface area contributed by atoms with E-state index in [4.69, 9.17) is 0 Å². The van der Waals surface area contributed by atoms with Crippen molar-refractivity contribution in [1.82, 2.24) is 14.8 Å². The van der Waals surface area contributed by atoms with E-state index in [1.807, 2.05) is 50.3 Å². The molecule has 0 saturated heterocycles. The Morgan fingerprint density at radius 1 is 1.29 bits per heavy atom. The molecule has 21 heavy (non-hydrogen) atoms. The Kier molecular flexibility index (Phi) is 5.02. The number of carbonyl (C=O) groups is 1. The number of para-hydroxylation sites is 1. The summed E-state index contributed by atoms with van der Waals surface area (Å²) < 4.78 is 0. The van der Waals surface area contributed by atoms with E-state index in [2.05, 4.69) is 22.9 Å². The SMILES string of the molecule is CCN(C(=O)Cc1c[nH]c2ccccc12)C(C)CN(C)C. The van der Waals surface area contributed by atoms with E-state index in [9.17, 15) is 4.79 Å². The third-order valence-corrected chi connectivity index (χ3v) is 3.84. The van der Waals surface area contributed by atoms with Gasteiger partial charge in [-0.1, -0.05) is 18.2 Å². The summed E-state index contributed by atoms with van der Waals surface area (Å²) in [5.74, 6) is 0.191. The first-order valence-corrected chi connectivity index (χ1v) is 7.52.